The van der Waals surface area contributed by atoms with Crippen LogP contribution in [0.25, 0.3) is 0 Å². The SMILES string of the molecule is C=CC(=O)O.Cc1cccc(NC(N)=O)c1C. The van der Waals surface area contributed by atoms with Crippen molar-refractivity contribution in [2.24, 2.45) is 5.73 Å². The second-order valence-electron chi connectivity index (χ2n) is 3.28. The van der Waals surface area contributed by atoms with Crippen LogP contribution in [-0.4, -0.2) is 17.1 Å². The monoisotopic (exact) mass is 236 g/mol. The molecule has 0 radical (unpaired) electrons. The number of aryl methyl sites for hydroxylation is 1. The molecule has 0 unspecified atom stereocenters. The number of amides is 2. The number of urea groups is 1. The molecule has 0 saturated carbocycles. The summed E-state index contributed by atoms with van der Waals surface area (Å²) >= 11 is 0. The first-order valence-corrected chi connectivity index (χ1v) is 4.86. The number of carboxylic acids is 1. The van der Waals surface area contributed by atoms with E-state index in [2.05, 4.69) is 11.9 Å². The van der Waals surface area contributed by atoms with Gasteiger partial charge >= 0.3 is 12.0 Å². The second-order valence-corrected chi connectivity index (χ2v) is 3.28. The molecule has 0 aromatic heterocycles. The number of anilines is 1. The summed E-state index contributed by atoms with van der Waals surface area (Å²) in [6.07, 6.45) is 0.833. The van der Waals surface area contributed by atoms with E-state index in [-0.39, 0.29) is 0 Å². The Kier molecular flexibility index (Phi) is 6.10. The van der Waals surface area contributed by atoms with E-state index >= 15 is 0 Å². The number of carbonyl (C=O) groups excluding carboxylic acids is 1. The summed E-state index contributed by atoms with van der Waals surface area (Å²) in [6, 6.07) is 5.17. The maximum atomic E-state index is 10.5. The van der Waals surface area contributed by atoms with Crippen molar-refractivity contribution < 1.29 is 14.7 Å². The maximum Gasteiger partial charge on any atom is 0.327 e. The highest BCUT2D eigenvalue weighted by Gasteiger charge is 2.00. The number of benzene rings is 1. The van der Waals surface area contributed by atoms with Crippen LogP contribution in [0.15, 0.2) is 30.9 Å². The van der Waals surface area contributed by atoms with E-state index in [1.165, 1.54) is 0 Å². The van der Waals surface area contributed by atoms with Crippen molar-refractivity contribution in [2.75, 3.05) is 5.32 Å². The molecule has 0 spiro atoms. The minimum Gasteiger partial charge on any atom is -0.478 e. The lowest BCUT2D eigenvalue weighted by Crippen LogP contribution is -2.19. The highest BCUT2D eigenvalue weighted by atomic mass is 16.4. The van der Waals surface area contributed by atoms with Crippen molar-refractivity contribution in [3.63, 3.8) is 0 Å². The van der Waals surface area contributed by atoms with Gasteiger partial charge in [-0.05, 0) is 31.0 Å². The van der Waals surface area contributed by atoms with Gasteiger partial charge in [-0.2, -0.15) is 0 Å². The van der Waals surface area contributed by atoms with Crippen molar-refractivity contribution in [2.45, 2.75) is 13.8 Å². The number of carboxylic acid groups (broad SMARTS) is 1. The standard InChI is InChI=1S/C9H12N2O.C3H4O2/c1-6-4-3-5-8(7(6)2)11-9(10)12;1-2-3(4)5/h3-5H,1-2H3,(H3,10,11,12);2H,1H2,(H,4,5). The van der Waals surface area contributed by atoms with Crippen molar-refractivity contribution in [3.05, 3.63) is 42.0 Å². The van der Waals surface area contributed by atoms with Crippen molar-refractivity contribution in [1.82, 2.24) is 0 Å². The minimum absolute atomic E-state index is 0.524. The van der Waals surface area contributed by atoms with Crippen molar-refractivity contribution in [3.8, 4) is 0 Å². The zero-order valence-corrected chi connectivity index (χ0v) is 9.86. The number of nitrogens with two attached hydrogens (primary N) is 1. The highest BCUT2D eigenvalue weighted by Crippen LogP contribution is 2.17. The van der Waals surface area contributed by atoms with Crippen LogP contribution in [-0.2, 0) is 4.79 Å². The molecule has 17 heavy (non-hydrogen) atoms. The van der Waals surface area contributed by atoms with Gasteiger partial charge in [0.05, 0.1) is 0 Å². The van der Waals surface area contributed by atoms with E-state index in [1.807, 2.05) is 32.0 Å². The van der Waals surface area contributed by atoms with Crippen molar-refractivity contribution in [1.29, 1.82) is 0 Å². The molecule has 92 valence electrons. The fraction of sp³-hybridized carbons (Fsp3) is 0.167. The molecule has 0 aliphatic carbocycles. The Morgan fingerprint density at radius 3 is 2.35 bits per heavy atom. The van der Waals surface area contributed by atoms with E-state index in [9.17, 15) is 9.59 Å². The number of rotatable bonds is 2. The Hall–Kier alpha value is -2.30. The summed E-state index contributed by atoms with van der Waals surface area (Å²) in [4.78, 5) is 19.8. The van der Waals surface area contributed by atoms with Gasteiger partial charge < -0.3 is 16.2 Å². The van der Waals surface area contributed by atoms with Crippen LogP contribution < -0.4 is 11.1 Å². The Labute approximate surface area is 99.9 Å². The molecule has 1 rings (SSSR count). The van der Waals surface area contributed by atoms with Crippen molar-refractivity contribution >= 4 is 17.7 Å². The Bertz CT molecular complexity index is 428. The third-order valence-corrected chi connectivity index (χ3v) is 2.04. The highest BCUT2D eigenvalue weighted by molar-refractivity contribution is 5.88. The first kappa shape index (κ1) is 14.7. The zero-order chi connectivity index (χ0) is 13.4. The average Bonchev–Trinajstić information content (AvgIpc) is 2.25. The lowest BCUT2D eigenvalue weighted by Gasteiger charge is -2.07. The summed E-state index contributed by atoms with van der Waals surface area (Å²) in [5, 5.41) is 10.2. The lowest BCUT2D eigenvalue weighted by molar-refractivity contribution is -0.131. The smallest absolute Gasteiger partial charge is 0.327 e. The van der Waals surface area contributed by atoms with Crippen LogP contribution in [0, 0.1) is 13.8 Å². The van der Waals surface area contributed by atoms with Crippen LogP contribution in [0.3, 0.4) is 0 Å². The first-order chi connectivity index (χ1) is 7.88. The van der Waals surface area contributed by atoms with Crippen LogP contribution in [0.5, 0.6) is 0 Å². The van der Waals surface area contributed by atoms with Crippen LogP contribution >= 0.6 is 0 Å². The molecule has 0 heterocycles. The predicted molar refractivity (Wildman–Crippen MR) is 67.0 cm³/mol. The van der Waals surface area contributed by atoms with E-state index in [1.54, 1.807) is 0 Å². The predicted octanol–water partition coefficient (Wildman–Crippen LogP) is 2.05. The molecule has 0 fully saturated rings. The number of hydrogen-bond acceptors (Lipinski definition) is 2. The molecule has 5 nitrogen and oxygen atoms in total. The number of hydrogen-bond donors (Lipinski definition) is 3. The van der Waals surface area contributed by atoms with Gasteiger partial charge in [-0.1, -0.05) is 18.7 Å². The fourth-order valence-electron chi connectivity index (χ4n) is 1.02. The molecular weight excluding hydrogens is 220 g/mol. The number of aliphatic carboxylic acids is 1. The lowest BCUT2D eigenvalue weighted by atomic mass is 10.1. The molecule has 0 atom stereocenters. The van der Waals surface area contributed by atoms with Crippen LogP contribution in [0.2, 0.25) is 0 Å². The van der Waals surface area contributed by atoms with E-state index < -0.39 is 12.0 Å². The van der Waals surface area contributed by atoms with E-state index in [0.29, 0.717) is 0 Å². The number of carbonyl (C=O) groups is 2. The normalized spacial score (nSPS) is 8.59. The second kappa shape index (κ2) is 7.05. The Balaban J connectivity index is 0.000000437. The van der Waals surface area contributed by atoms with Crippen LogP contribution in [0.1, 0.15) is 11.1 Å². The Morgan fingerprint density at radius 2 is 1.94 bits per heavy atom. The van der Waals surface area contributed by atoms with Gasteiger partial charge in [-0.15, -0.1) is 0 Å². The molecule has 0 bridgehead atoms. The summed E-state index contributed by atoms with van der Waals surface area (Å²) in [7, 11) is 0. The van der Waals surface area contributed by atoms with Gasteiger partial charge in [-0.3, -0.25) is 0 Å². The zero-order valence-electron chi connectivity index (χ0n) is 9.86. The topological polar surface area (TPSA) is 92.4 Å². The average molecular weight is 236 g/mol. The molecule has 0 aliphatic heterocycles. The molecule has 1 aromatic carbocycles. The molecule has 4 N–H and O–H groups in total. The van der Waals surface area contributed by atoms with E-state index in [0.717, 1.165) is 22.9 Å². The van der Waals surface area contributed by atoms with Gasteiger partial charge in [-0.25, -0.2) is 9.59 Å². The quantitative estimate of drug-likeness (QED) is 0.686. The minimum atomic E-state index is -0.981. The molecule has 5 heteroatoms. The van der Waals surface area contributed by atoms with Gasteiger partial charge in [0, 0.05) is 11.8 Å². The van der Waals surface area contributed by atoms with Gasteiger partial charge in [0.2, 0.25) is 0 Å². The first-order valence-electron chi connectivity index (χ1n) is 4.86. The summed E-state index contributed by atoms with van der Waals surface area (Å²) in [5.41, 5.74) is 7.97. The van der Waals surface area contributed by atoms with Gasteiger partial charge in [0.15, 0.2) is 0 Å². The summed E-state index contributed by atoms with van der Waals surface area (Å²) < 4.78 is 0. The molecule has 0 saturated heterocycles. The number of nitrogens with one attached hydrogen (secondary N) is 1. The molecular formula is C12H16N2O3. The van der Waals surface area contributed by atoms with Crippen LogP contribution in [0.4, 0.5) is 10.5 Å². The summed E-state index contributed by atoms with van der Waals surface area (Å²) in [6.45, 7) is 6.89. The van der Waals surface area contributed by atoms with Gasteiger partial charge in [0.25, 0.3) is 0 Å². The molecule has 1 aromatic rings. The summed E-state index contributed by atoms with van der Waals surface area (Å²) in [5.74, 6) is -0.981. The van der Waals surface area contributed by atoms with E-state index in [4.69, 9.17) is 10.8 Å². The Morgan fingerprint density at radius 1 is 1.41 bits per heavy atom. The fourth-order valence-corrected chi connectivity index (χ4v) is 1.02. The third kappa shape index (κ3) is 5.99. The number of primary amides is 1. The largest absolute Gasteiger partial charge is 0.478 e. The van der Waals surface area contributed by atoms with Gasteiger partial charge in [0.1, 0.15) is 0 Å². The third-order valence-electron chi connectivity index (χ3n) is 2.04. The molecule has 0 aliphatic rings. The molecule has 2 amide bonds. The maximum absolute atomic E-state index is 10.5.